The minimum Gasteiger partial charge on any atom is -0.395 e. The third-order valence-electron chi connectivity index (χ3n) is 3.15. The van der Waals surface area contributed by atoms with Crippen LogP contribution >= 0.6 is 0 Å². The average Bonchev–Trinajstić information content (AvgIpc) is 2.68. The van der Waals surface area contributed by atoms with Crippen LogP contribution in [-0.4, -0.2) is 36.2 Å². The summed E-state index contributed by atoms with van der Waals surface area (Å²) < 4.78 is 0. The van der Waals surface area contributed by atoms with Crippen LogP contribution in [0.5, 0.6) is 0 Å². The lowest BCUT2D eigenvalue weighted by Gasteiger charge is -2.14. The Hall–Kier alpha value is -0.860. The lowest BCUT2D eigenvalue weighted by atomic mass is 9.99. The first kappa shape index (κ1) is 10.7. The molecule has 0 spiro atoms. The van der Waals surface area contributed by atoms with E-state index in [4.69, 9.17) is 5.11 Å². The van der Waals surface area contributed by atoms with Gasteiger partial charge in [0.25, 0.3) is 0 Å². The van der Waals surface area contributed by atoms with Crippen molar-refractivity contribution in [1.29, 1.82) is 0 Å². The van der Waals surface area contributed by atoms with E-state index in [1.165, 1.54) is 18.4 Å². The van der Waals surface area contributed by atoms with E-state index >= 15 is 0 Å². The SMILES string of the molecule is OCCN1CCC(Cc2ccccc2)C1. The first-order valence-corrected chi connectivity index (χ1v) is 5.75. The van der Waals surface area contributed by atoms with Crippen molar-refractivity contribution in [2.75, 3.05) is 26.2 Å². The highest BCUT2D eigenvalue weighted by Gasteiger charge is 2.21. The minimum atomic E-state index is 0.290. The van der Waals surface area contributed by atoms with Gasteiger partial charge in [-0.2, -0.15) is 0 Å². The number of likely N-dealkylation sites (tertiary alicyclic amines) is 1. The maximum atomic E-state index is 8.86. The molecule has 1 aromatic carbocycles. The molecule has 2 rings (SSSR count). The van der Waals surface area contributed by atoms with Crippen LogP contribution in [0.1, 0.15) is 12.0 Å². The second-order valence-electron chi connectivity index (χ2n) is 4.37. The maximum absolute atomic E-state index is 8.86. The van der Waals surface area contributed by atoms with E-state index in [1.54, 1.807) is 0 Å². The summed E-state index contributed by atoms with van der Waals surface area (Å²) in [7, 11) is 0. The van der Waals surface area contributed by atoms with Crippen molar-refractivity contribution >= 4 is 0 Å². The molecule has 82 valence electrons. The molecule has 1 atom stereocenters. The van der Waals surface area contributed by atoms with Gasteiger partial charge in [0.2, 0.25) is 0 Å². The van der Waals surface area contributed by atoms with Gasteiger partial charge in [0.05, 0.1) is 6.61 Å². The van der Waals surface area contributed by atoms with Gasteiger partial charge in [0.1, 0.15) is 0 Å². The Bertz CT molecular complexity index is 286. The zero-order chi connectivity index (χ0) is 10.5. The van der Waals surface area contributed by atoms with Crippen LogP contribution in [0.15, 0.2) is 30.3 Å². The van der Waals surface area contributed by atoms with Crippen molar-refractivity contribution in [2.24, 2.45) is 5.92 Å². The molecule has 1 saturated heterocycles. The number of hydrogen-bond acceptors (Lipinski definition) is 2. The molecule has 1 aliphatic rings. The molecule has 2 nitrogen and oxygen atoms in total. The predicted molar refractivity (Wildman–Crippen MR) is 61.8 cm³/mol. The Kier molecular flexibility index (Phi) is 3.75. The third kappa shape index (κ3) is 3.05. The standard InChI is InChI=1S/C13H19NO/c15-9-8-14-7-6-13(11-14)10-12-4-2-1-3-5-12/h1-5,13,15H,6-11H2. The highest BCUT2D eigenvalue weighted by atomic mass is 16.3. The van der Waals surface area contributed by atoms with Gasteiger partial charge in [-0.15, -0.1) is 0 Å². The second-order valence-corrected chi connectivity index (χ2v) is 4.37. The van der Waals surface area contributed by atoms with Crippen molar-refractivity contribution in [3.8, 4) is 0 Å². The fourth-order valence-corrected chi connectivity index (χ4v) is 2.37. The van der Waals surface area contributed by atoms with Crippen molar-refractivity contribution in [3.05, 3.63) is 35.9 Å². The normalized spacial score (nSPS) is 22.1. The molecule has 1 N–H and O–H groups in total. The van der Waals surface area contributed by atoms with E-state index < -0.39 is 0 Å². The quantitative estimate of drug-likeness (QED) is 0.806. The van der Waals surface area contributed by atoms with Gasteiger partial charge in [0, 0.05) is 13.1 Å². The first-order chi connectivity index (χ1) is 7.38. The van der Waals surface area contributed by atoms with Gasteiger partial charge in [0.15, 0.2) is 0 Å². The van der Waals surface area contributed by atoms with Crippen LogP contribution in [0, 0.1) is 5.92 Å². The van der Waals surface area contributed by atoms with E-state index in [9.17, 15) is 0 Å². The molecule has 1 heterocycles. The molecule has 0 saturated carbocycles. The van der Waals surface area contributed by atoms with Crippen molar-refractivity contribution in [2.45, 2.75) is 12.8 Å². The van der Waals surface area contributed by atoms with E-state index in [0.717, 1.165) is 25.6 Å². The number of β-amino-alcohol motifs (C(OH)–C–C–N with tert-alkyl or cyclic N) is 1. The molecule has 2 heteroatoms. The summed E-state index contributed by atoms with van der Waals surface area (Å²) in [5.41, 5.74) is 1.44. The molecule has 0 aliphatic carbocycles. The number of benzene rings is 1. The second kappa shape index (κ2) is 5.29. The van der Waals surface area contributed by atoms with Crippen LogP contribution in [0.4, 0.5) is 0 Å². The van der Waals surface area contributed by atoms with Crippen LogP contribution in [0.2, 0.25) is 0 Å². The first-order valence-electron chi connectivity index (χ1n) is 5.75. The molecular weight excluding hydrogens is 186 g/mol. The Morgan fingerprint density at radius 1 is 1.27 bits per heavy atom. The summed E-state index contributed by atoms with van der Waals surface area (Å²) in [4.78, 5) is 2.35. The van der Waals surface area contributed by atoms with Crippen LogP contribution in [0.25, 0.3) is 0 Å². The van der Waals surface area contributed by atoms with Gasteiger partial charge in [-0.25, -0.2) is 0 Å². The fraction of sp³-hybridized carbons (Fsp3) is 0.538. The van der Waals surface area contributed by atoms with E-state index in [2.05, 4.69) is 35.2 Å². The number of nitrogens with zero attached hydrogens (tertiary/aromatic N) is 1. The van der Waals surface area contributed by atoms with Gasteiger partial charge in [-0.3, -0.25) is 0 Å². The average molecular weight is 205 g/mol. The topological polar surface area (TPSA) is 23.5 Å². The highest BCUT2D eigenvalue weighted by Crippen LogP contribution is 2.20. The van der Waals surface area contributed by atoms with Gasteiger partial charge in [-0.1, -0.05) is 30.3 Å². The molecule has 0 bridgehead atoms. The molecule has 1 fully saturated rings. The van der Waals surface area contributed by atoms with Gasteiger partial charge in [-0.05, 0) is 30.9 Å². The molecule has 1 aliphatic heterocycles. The Labute approximate surface area is 91.5 Å². The predicted octanol–water partition coefficient (Wildman–Crippen LogP) is 1.54. The summed E-state index contributed by atoms with van der Waals surface area (Å²) in [5, 5.41) is 8.86. The van der Waals surface area contributed by atoms with Crippen LogP contribution in [0.3, 0.4) is 0 Å². The maximum Gasteiger partial charge on any atom is 0.0558 e. The van der Waals surface area contributed by atoms with Crippen molar-refractivity contribution < 1.29 is 5.11 Å². The molecular formula is C13H19NO. The molecule has 0 amide bonds. The molecule has 1 aromatic rings. The summed E-state index contributed by atoms with van der Waals surface area (Å²) in [6, 6.07) is 10.7. The van der Waals surface area contributed by atoms with Gasteiger partial charge >= 0.3 is 0 Å². The monoisotopic (exact) mass is 205 g/mol. The van der Waals surface area contributed by atoms with Gasteiger partial charge < -0.3 is 10.0 Å². The summed E-state index contributed by atoms with van der Waals surface area (Å²) in [5.74, 6) is 0.777. The van der Waals surface area contributed by atoms with E-state index in [0.29, 0.717) is 0 Å². The number of aliphatic hydroxyl groups excluding tert-OH is 1. The lowest BCUT2D eigenvalue weighted by molar-refractivity contribution is 0.217. The molecule has 1 unspecified atom stereocenters. The van der Waals surface area contributed by atoms with Crippen LogP contribution in [-0.2, 0) is 6.42 Å². The summed E-state index contributed by atoms with van der Waals surface area (Å²) in [6.07, 6.45) is 2.46. The Morgan fingerprint density at radius 3 is 2.80 bits per heavy atom. The third-order valence-corrected chi connectivity index (χ3v) is 3.15. The zero-order valence-corrected chi connectivity index (χ0v) is 9.10. The molecule has 0 aromatic heterocycles. The summed E-state index contributed by atoms with van der Waals surface area (Å²) >= 11 is 0. The summed E-state index contributed by atoms with van der Waals surface area (Å²) in [6.45, 7) is 3.43. The molecule has 15 heavy (non-hydrogen) atoms. The number of hydrogen-bond donors (Lipinski definition) is 1. The largest absolute Gasteiger partial charge is 0.395 e. The Balaban J connectivity index is 1.82. The smallest absolute Gasteiger partial charge is 0.0558 e. The fourth-order valence-electron chi connectivity index (χ4n) is 2.37. The number of rotatable bonds is 4. The van der Waals surface area contributed by atoms with Crippen molar-refractivity contribution in [1.82, 2.24) is 4.90 Å². The molecule has 0 radical (unpaired) electrons. The lowest BCUT2D eigenvalue weighted by Crippen LogP contribution is -2.24. The van der Waals surface area contributed by atoms with E-state index in [1.807, 2.05) is 0 Å². The number of aliphatic hydroxyl groups is 1. The van der Waals surface area contributed by atoms with Crippen molar-refractivity contribution in [3.63, 3.8) is 0 Å². The highest BCUT2D eigenvalue weighted by molar-refractivity contribution is 5.15. The van der Waals surface area contributed by atoms with Crippen LogP contribution < -0.4 is 0 Å². The Morgan fingerprint density at radius 2 is 2.07 bits per heavy atom. The minimum absolute atomic E-state index is 0.290. The van der Waals surface area contributed by atoms with E-state index in [-0.39, 0.29) is 6.61 Å². The zero-order valence-electron chi connectivity index (χ0n) is 9.10.